The summed E-state index contributed by atoms with van der Waals surface area (Å²) >= 11 is 3.47. The molecule has 0 aliphatic heterocycles. The van der Waals surface area contributed by atoms with Crippen molar-refractivity contribution in [3.63, 3.8) is 0 Å². The van der Waals surface area contributed by atoms with Gasteiger partial charge >= 0.3 is 0 Å². The molecule has 3 aromatic rings. The normalized spacial score (nSPS) is 12.4. The number of amides is 2. The fourth-order valence-corrected chi connectivity index (χ4v) is 4.38. The highest BCUT2D eigenvalue weighted by atomic mass is 79.9. The van der Waals surface area contributed by atoms with E-state index in [1.165, 1.54) is 6.07 Å². The van der Waals surface area contributed by atoms with Crippen LogP contribution in [0.4, 0.5) is 5.69 Å². The Balaban J connectivity index is 2.02. The summed E-state index contributed by atoms with van der Waals surface area (Å²) in [4.78, 5) is 39.9. The van der Waals surface area contributed by atoms with Gasteiger partial charge in [-0.3, -0.25) is 19.7 Å². The maximum atomic E-state index is 13.8. The molecule has 2 amide bonds. The van der Waals surface area contributed by atoms with Crippen molar-refractivity contribution in [1.82, 2.24) is 10.2 Å². The number of hydrogen-bond acceptors (Lipinski definition) is 4. The first kappa shape index (κ1) is 27.1. The van der Waals surface area contributed by atoms with Crippen molar-refractivity contribution < 1.29 is 14.5 Å². The second kappa shape index (κ2) is 13.0. The molecular weight excluding hydrogens is 522 g/mol. The van der Waals surface area contributed by atoms with Crippen LogP contribution >= 0.6 is 15.9 Å². The first-order valence-electron chi connectivity index (χ1n) is 11.9. The van der Waals surface area contributed by atoms with Crippen LogP contribution in [0.25, 0.3) is 0 Å². The van der Waals surface area contributed by atoms with Gasteiger partial charge in [0.25, 0.3) is 5.69 Å². The largest absolute Gasteiger partial charge is 0.352 e. The minimum absolute atomic E-state index is 0.0613. The molecule has 0 unspecified atom stereocenters. The van der Waals surface area contributed by atoms with Gasteiger partial charge in [0.05, 0.1) is 11.3 Å². The average molecular weight is 552 g/mol. The number of rotatable bonds is 11. The van der Waals surface area contributed by atoms with Crippen molar-refractivity contribution in [2.24, 2.45) is 0 Å². The number of nitro groups is 1. The highest BCUT2D eigenvalue weighted by Crippen LogP contribution is 2.22. The zero-order valence-electron chi connectivity index (χ0n) is 20.4. The van der Waals surface area contributed by atoms with E-state index in [9.17, 15) is 19.7 Å². The molecule has 0 heterocycles. The van der Waals surface area contributed by atoms with E-state index in [1.807, 2.05) is 68.4 Å². The summed E-state index contributed by atoms with van der Waals surface area (Å²) in [5.74, 6) is -0.608. The smallest absolute Gasteiger partial charge is 0.273 e. The first-order valence-corrected chi connectivity index (χ1v) is 12.7. The Labute approximate surface area is 219 Å². The number of halogens is 1. The van der Waals surface area contributed by atoms with Crippen molar-refractivity contribution in [3.05, 3.63) is 110 Å². The fraction of sp³-hybridized carbons (Fsp3) is 0.286. The van der Waals surface area contributed by atoms with Crippen molar-refractivity contribution in [2.75, 3.05) is 0 Å². The second-order valence-corrected chi connectivity index (χ2v) is 9.65. The van der Waals surface area contributed by atoms with Gasteiger partial charge in [0.15, 0.2) is 0 Å². The molecule has 1 N–H and O–H groups in total. The number of carbonyl (C=O) groups excluding carboxylic acids is 2. The van der Waals surface area contributed by atoms with Gasteiger partial charge in [-0.1, -0.05) is 83.5 Å². The number of hydrogen-bond donors (Lipinski definition) is 1. The van der Waals surface area contributed by atoms with Crippen molar-refractivity contribution in [3.8, 4) is 0 Å². The van der Waals surface area contributed by atoms with Crippen LogP contribution in [0.2, 0.25) is 0 Å². The van der Waals surface area contributed by atoms with E-state index in [-0.39, 0.29) is 36.5 Å². The Morgan fingerprint density at radius 1 is 1.00 bits per heavy atom. The van der Waals surface area contributed by atoms with E-state index in [0.717, 1.165) is 22.0 Å². The van der Waals surface area contributed by atoms with Crippen molar-refractivity contribution in [1.29, 1.82) is 0 Å². The second-order valence-electron chi connectivity index (χ2n) is 8.74. The maximum Gasteiger partial charge on any atom is 0.273 e. The van der Waals surface area contributed by atoms with E-state index in [1.54, 1.807) is 23.1 Å². The summed E-state index contributed by atoms with van der Waals surface area (Å²) in [5.41, 5.74) is 1.96. The van der Waals surface area contributed by atoms with E-state index in [0.29, 0.717) is 12.0 Å². The molecule has 0 bridgehead atoms. The lowest BCUT2D eigenvalue weighted by Gasteiger charge is -2.32. The minimum Gasteiger partial charge on any atom is -0.352 e. The minimum atomic E-state index is -0.796. The van der Waals surface area contributed by atoms with E-state index in [4.69, 9.17) is 0 Å². The van der Waals surface area contributed by atoms with Gasteiger partial charge < -0.3 is 10.2 Å². The van der Waals surface area contributed by atoms with Crippen molar-refractivity contribution in [2.45, 2.75) is 51.7 Å². The van der Waals surface area contributed by atoms with E-state index < -0.39 is 11.0 Å². The third-order valence-corrected chi connectivity index (χ3v) is 6.54. The molecule has 0 radical (unpaired) electrons. The molecule has 0 saturated carbocycles. The van der Waals surface area contributed by atoms with Crippen LogP contribution in [0, 0.1) is 10.1 Å². The highest BCUT2D eigenvalue weighted by molar-refractivity contribution is 9.10. The Morgan fingerprint density at radius 2 is 1.67 bits per heavy atom. The summed E-state index contributed by atoms with van der Waals surface area (Å²) in [6.45, 7) is 4.09. The Hall–Kier alpha value is -3.52. The molecule has 188 valence electrons. The maximum absolute atomic E-state index is 13.8. The quantitative estimate of drug-likeness (QED) is 0.253. The molecule has 3 rings (SSSR count). The lowest BCUT2D eigenvalue weighted by atomic mass is 10.0. The van der Waals surface area contributed by atoms with Gasteiger partial charge in [0.1, 0.15) is 6.04 Å². The van der Waals surface area contributed by atoms with Gasteiger partial charge in [-0.15, -0.1) is 0 Å². The molecular formula is C28H30BrN3O4. The van der Waals surface area contributed by atoms with Crippen LogP contribution < -0.4 is 5.32 Å². The Bertz CT molecular complexity index is 1200. The van der Waals surface area contributed by atoms with Crippen LogP contribution in [0.3, 0.4) is 0 Å². The van der Waals surface area contributed by atoms with Crippen LogP contribution in [-0.4, -0.2) is 33.7 Å². The number of benzene rings is 3. The highest BCUT2D eigenvalue weighted by Gasteiger charge is 2.32. The first-order chi connectivity index (χ1) is 17.3. The van der Waals surface area contributed by atoms with Gasteiger partial charge in [-0.25, -0.2) is 0 Å². The van der Waals surface area contributed by atoms with Gasteiger partial charge in [-0.2, -0.15) is 0 Å². The number of carbonyl (C=O) groups is 2. The summed E-state index contributed by atoms with van der Waals surface area (Å²) in [6, 6.07) is 22.4. The molecule has 2 atom stereocenters. The number of para-hydroxylation sites is 1. The predicted octanol–water partition coefficient (Wildman–Crippen LogP) is 5.45. The van der Waals surface area contributed by atoms with Gasteiger partial charge in [0.2, 0.25) is 11.8 Å². The van der Waals surface area contributed by atoms with Gasteiger partial charge in [0, 0.05) is 35.1 Å². The van der Waals surface area contributed by atoms with Crippen molar-refractivity contribution >= 4 is 33.4 Å². The van der Waals surface area contributed by atoms with E-state index in [2.05, 4.69) is 21.2 Å². The fourth-order valence-electron chi connectivity index (χ4n) is 3.93. The third-order valence-electron chi connectivity index (χ3n) is 6.04. The van der Waals surface area contributed by atoms with Crippen LogP contribution in [-0.2, 0) is 29.0 Å². The molecule has 0 aliphatic carbocycles. The molecule has 36 heavy (non-hydrogen) atoms. The van der Waals surface area contributed by atoms with Crippen LogP contribution in [0.1, 0.15) is 37.0 Å². The Kier molecular flexibility index (Phi) is 9.76. The zero-order chi connectivity index (χ0) is 26.1. The number of nitrogens with zero attached hydrogens (tertiary/aromatic N) is 2. The van der Waals surface area contributed by atoms with E-state index >= 15 is 0 Å². The molecule has 0 spiro atoms. The molecule has 0 fully saturated rings. The number of nitro benzene ring substituents is 1. The molecule has 8 heteroatoms. The number of nitrogens with one attached hydrogen (secondary N) is 1. The third kappa shape index (κ3) is 7.49. The molecule has 3 aromatic carbocycles. The topological polar surface area (TPSA) is 92.6 Å². The standard InChI is InChI=1S/C28H30BrN3O4/c1-3-20(2)30-28(34)26(17-21-10-5-4-6-11-21)31(19-22-12-9-14-24(29)16-22)27(33)18-23-13-7-8-15-25(23)32(35)36/h4-16,20,26H,3,17-19H2,1-2H3,(H,30,34)/t20-,26+/m0/s1. The summed E-state index contributed by atoms with van der Waals surface area (Å²) < 4.78 is 0.856. The summed E-state index contributed by atoms with van der Waals surface area (Å²) in [7, 11) is 0. The SMILES string of the molecule is CC[C@H](C)NC(=O)[C@@H](Cc1ccccc1)N(Cc1cccc(Br)c1)C(=O)Cc1ccccc1[N+](=O)[O-]. The summed E-state index contributed by atoms with van der Waals surface area (Å²) in [5, 5.41) is 14.6. The molecule has 0 aliphatic rings. The monoisotopic (exact) mass is 551 g/mol. The molecule has 0 aromatic heterocycles. The Morgan fingerprint density at radius 3 is 2.33 bits per heavy atom. The summed E-state index contributed by atoms with van der Waals surface area (Å²) in [6.07, 6.45) is 0.881. The predicted molar refractivity (Wildman–Crippen MR) is 143 cm³/mol. The average Bonchev–Trinajstić information content (AvgIpc) is 2.86. The lowest BCUT2D eigenvalue weighted by Crippen LogP contribution is -2.52. The molecule has 0 saturated heterocycles. The zero-order valence-corrected chi connectivity index (χ0v) is 22.0. The lowest BCUT2D eigenvalue weighted by molar-refractivity contribution is -0.385. The van der Waals surface area contributed by atoms with Gasteiger partial charge in [-0.05, 0) is 36.6 Å². The molecule has 7 nitrogen and oxygen atoms in total. The van der Waals surface area contributed by atoms with Crippen LogP contribution in [0.15, 0.2) is 83.3 Å². The van der Waals surface area contributed by atoms with Crippen LogP contribution in [0.5, 0.6) is 0 Å².